The van der Waals surface area contributed by atoms with Crippen LogP contribution < -0.4 is 10.6 Å². The maximum Gasteiger partial charge on any atom is 0.228 e. The molecule has 90 valence electrons. The number of benzene rings is 1. The van der Waals surface area contributed by atoms with Crippen LogP contribution >= 0.6 is 0 Å². The number of carbonyl (C=O) groups excluding carboxylic acids is 2. The third kappa shape index (κ3) is 2.02. The molecular weight excluding hydrogens is 216 g/mol. The Bertz CT molecular complexity index is 430. The number of para-hydroxylation sites is 1. The van der Waals surface area contributed by atoms with Crippen LogP contribution in [0.4, 0.5) is 5.69 Å². The van der Waals surface area contributed by atoms with Gasteiger partial charge in [0.25, 0.3) is 0 Å². The fourth-order valence-corrected chi connectivity index (χ4v) is 2.47. The Kier molecular flexibility index (Phi) is 3.13. The van der Waals surface area contributed by atoms with Crippen LogP contribution in [0.15, 0.2) is 30.3 Å². The van der Waals surface area contributed by atoms with Crippen molar-refractivity contribution in [1.82, 2.24) is 0 Å². The van der Waals surface area contributed by atoms with Crippen LogP contribution in [0.25, 0.3) is 0 Å². The molecule has 4 nitrogen and oxygen atoms in total. The SMILES string of the molecule is CCC1C(C(N)=O)CC(=O)N1c1ccccc1. The largest absolute Gasteiger partial charge is 0.369 e. The van der Waals surface area contributed by atoms with Gasteiger partial charge in [0.2, 0.25) is 11.8 Å². The van der Waals surface area contributed by atoms with E-state index in [4.69, 9.17) is 5.73 Å². The van der Waals surface area contributed by atoms with Crippen molar-refractivity contribution in [2.24, 2.45) is 11.7 Å². The number of rotatable bonds is 3. The van der Waals surface area contributed by atoms with Crippen molar-refractivity contribution >= 4 is 17.5 Å². The standard InChI is InChI=1S/C13H16N2O2/c1-2-11-10(13(14)17)8-12(16)15(11)9-6-4-3-5-7-9/h3-7,10-11H,2,8H2,1H3,(H2,14,17). The highest BCUT2D eigenvalue weighted by molar-refractivity contribution is 6.01. The molecule has 0 aliphatic carbocycles. The molecule has 1 aliphatic rings. The number of primary amides is 1. The predicted octanol–water partition coefficient (Wildman–Crippen LogP) is 1.30. The molecule has 2 N–H and O–H groups in total. The summed E-state index contributed by atoms with van der Waals surface area (Å²) in [5.74, 6) is -0.775. The maximum atomic E-state index is 12.0. The maximum absolute atomic E-state index is 12.0. The minimum Gasteiger partial charge on any atom is -0.369 e. The molecule has 0 aromatic heterocycles. The lowest BCUT2D eigenvalue weighted by Gasteiger charge is -2.26. The van der Waals surface area contributed by atoms with E-state index in [1.54, 1.807) is 4.90 Å². The van der Waals surface area contributed by atoms with Gasteiger partial charge >= 0.3 is 0 Å². The van der Waals surface area contributed by atoms with Crippen molar-refractivity contribution in [1.29, 1.82) is 0 Å². The van der Waals surface area contributed by atoms with E-state index in [0.29, 0.717) is 0 Å². The second kappa shape index (κ2) is 4.57. The zero-order valence-corrected chi connectivity index (χ0v) is 9.80. The van der Waals surface area contributed by atoms with E-state index in [2.05, 4.69) is 0 Å². The van der Waals surface area contributed by atoms with E-state index in [-0.39, 0.29) is 30.2 Å². The monoisotopic (exact) mass is 232 g/mol. The Morgan fingerprint density at radius 2 is 2.06 bits per heavy atom. The smallest absolute Gasteiger partial charge is 0.228 e. The van der Waals surface area contributed by atoms with Crippen LogP contribution in [-0.4, -0.2) is 17.9 Å². The van der Waals surface area contributed by atoms with Gasteiger partial charge in [-0.15, -0.1) is 0 Å². The van der Waals surface area contributed by atoms with Crippen molar-refractivity contribution in [3.05, 3.63) is 30.3 Å². The summed E-state index contributed by atoms with van der Waals surface area (Å²) in [5, 5.41) is 0. The molecule has 1 aromatic carbocycles. The first-order valence-electron chi connectivity index (χ1n) is 5.81. The van der Waals surface area contributed by atoms with Gasteiger partial charge in [-0.1, -0.05) is 25.1 Å². The second-order valence-corrected chi connectivity index (χ2v) is 4.29. The van der Waals surface area contributed by atoms with Gasteiger partial charge in [-0.3, -0.25) is 9.59 Å². The zero-order valence-electron chi connectivity index (χ0n) is 9.80. The van der Waals surface area contributed by atoms with Crippen LogP contribution in [0.3, 0.4) is 0 Å². The summed E-state index contributed by atoms with van der Waals surface area (Å²) >= 11 is 0. The van der Waals surface area contributed by atoms with Crippen LogP contribution in [0.5, 0.6) is 0 Å². The van der Waals surface area contributed by atoms with Crippen molar-refractivity contribution in [2.75, 3.05) is 4.90 Å². The minimum absolute atomic E-state index is 0.0214. The molecule has 2 atom stereocenters. The van der Waals surface area contributed by atoms with Crippen molar-refractivity contribution < 1.29 is 9.59 Å². The molecule has 2 amide bonds. The fourth-order valence-electron chi connectivity index (χ4n) is 2.47. The van der Waals surface area contributed by atoms with Gasteiger partial charge in [-0.2, -0.15) is 0 Å². The van der Waals surface area contributed by atoms with Gasteiger partial charge in [-0.25, -0.2) is 0 Å². The van der Waals surface area contributed by atoms with Gasteiger partial charge in [0, 0.05) is 18.2 Å². The highest BCUT2D eigenvalue weighted by atomic mass is 16.2. The lowest BCUT2D eigenvalue weighted by molar-refractivity contribution is -0.124. The Hall–Kier alpha value is -1.84. The average Bonchev–Trinajstić information content (AvgIpc) is 2.67. The van der Waals surface area contributed by atoms with Crippen molar-refractivity contribution in [3.63, 3.8) is 0 Å². The molecule has 0 saturated carbocycles. The van der Waals surface area contributed by atoms with E-state index in [1.165, 1.54) is 0 Å². The van der Waals surface area contributed by atoms with E-state index in [1.807, 2.05) is 37.3 Å². The lowest BCUT2D eigenvalue weighted by Crippen LogP contribution is -2.38. The first-order valence-corrected chi connectivity index (χ1v) is 5.81. The van der Waals surface area contributed by atoms with Gasteiger partial charge in [-0.05, 0) is 18.6 Å². The average molecular weight is 232 g/mol. The van der Waals surface area contributed by atoms with Crippen LogP contribution in [0.1, 0.15) is 19.8 Å². The summed E-state index contributed by atoms with van der Waals surface area (Å²) in [4.78, 5) is 25.0. The molecule has 0 spiro atoms. The summed E-state index contributed by atoms with van der Waals surface area (Å²) in [6.45, 7) is 1.97. The van der Waals surface area contributed by atoms with Crippen LogP contribution in [0.2, 0.25) is 0 Å². The molecule has 4 heteroatoms. The van der Waals surface area contributed by atoms with Gasteiger partial charge in [0.15, 0.2) is 0 Å². The molecule has 17 heavy (non-hydrogen) atoms. The quantitative estimate of drug-likeness (QED) is 0.853. The molecule has 0 bridgehead atoms. The number of hydrogen-bond donors (Lipinski definition) is 1. The second-order valence-electron chi connectivity index (χ2n) is 4.29. The molecule has 2 rings (SSSR count). The summed E-state index contributed by atoms with van der Waals surface area (Å²) in [6, 6.07) is 9.31. The van der Waals surface area contributed by atoms with Gasteiger partial charge in [0.1, 0.15) is 0 Å². The number of nitrogens with zero attached hydrogens (tertiary/aromatic N) is 1. The number of nitrogens with two attached hydrogens (primary N) is 1. The molecule has 1 aliphatic heterocycles. The predicted molar refractivity (Wildman–Crippen MR) is 65.3 cm³/mol. The van der Waals surface area contributed by atoms with E-state index < -0.39 is 0 Å². The topological polar surface area (TPSA) is 63.4 Å². The minimum atomic E-state index is -0.386. The number of anilines is 1. The van der Waals surface area contributed by atoms with Gasteiger partial charge in [0.05, 0.1) is 5.92 Å². The Morgan fingerprint density at radius 3 is 2.59 bits per heavy atom. The third-order valence-corrected chi connectivity index (χ3v) is 3.28. The fraction of sp³-hybridized carbons (Fsp3) is 0.385. The Labute approximate surface area is 100 Å². The highest BCUT2D eigenvalue weighted by Gasteiger charge is 2.42. The van der Waals surface area contributed by atoms with Crippen LogP contribution in [-0.2, 0) is 9.59 Å². The van der Waals surface area contributed by atoms with Crippen LogP contribution in [0, 0.1) is 5.92 Å². The molecule has 1 fully saturated rings. The normalized spacial score (nSPS) is 24.1. The first kappa shape index (κ1) is 11.6. The third-order valence-electron chi connectivity index (χ3n) is 3.28. The zero-order chi connectivity index (χ0) is 12.4. The number of hydrogen-bond acceptors (Lipinski definition) is 2. The summed E-state index contributed by atoms with van der Waals surface area (Å²) in [7, 11) is 0. The summed E-state index contributed by atoms with van der Waals surface area (Å²) in [5.41, 5.74) is 6.19. The summed E-state index contributed by atoms with van der Waals surface area (Å²) in [6.07, 6.45) is 0.955. The molecule has 2 unspecified atom stereocenters. The Morgan fingerprint density at radius 1 is 1.41 bits per heavy atom. The van der Waals surface area contributed by atoms with Crippen molar-refractivity contribution in [2.45, 2.75) is 25.8 Å². The van der Waals surface area contributed by atoms with Crippen molar-refractivity contribution in [3.8, 4) is 0 Å². The highest BCUT2D eigenvalue weighted by Crippen LogP contribution is 2.32. The van der Waals surface area contributed by atoms with E-state index >= 15 is 0 Å². The number of carbonyl (C=O) groups is 2. The Balaban J connectivity index is 2.34. The molecular formula is C13H16N2O2. The molecule has 1 heterocycles. The van der Waals surface area contributed by atoms with E-state index in [0.717, 1.165) is 12.1 Å². The summed E-state index contributed by atoms with van der Waals surface area (Å²) < 4.78 is 0. The van der Waals surface area contributed by atoms with Gasteiger partial charge < -0.3 is 10.6 Å². The molecule has 0 radical (unpaired) electrons. The molecule has 1 aromatic rings. The lowest BCUT2D eigenvalue weighted by atomic mass is 9.97. The number of amides is 2. The molecule has 1 saturated heterocycles. The van der Waals surface area contributed by atoms with E-state index in [9.17, 15) is 9.59 Å². The first-order chi connectivity index (χ1) is 8.15.